The molecule has 2 atom stereocenters. The van der Waals surface area contributed by atoms with Gasteiger partial charge in [0, 0.05) is 0 Å². The fourth-order valence-corrected chi connectivity index (χ4v) is 5.60. The van der Waals surface area contributed by atoms with Gasteiger partial charge >= 0.3 is 26.2 Å². The summed E-state index contributed by atoms with van der Waals surface area (Å²) in [6.45, 7) is 9.18. The molecule has 3 heterocycles. The molecule has 0 radical (unpaired) electrons. The van der Waals surface area contributed by atoms with E-state index in [2.05, 4.69) is 137 Å². The van der Waals surface area contributed by atoms with Gasteiger partial charge < -0.3 is 0 Å². The van der Waals surface area contributed by atoms with Crippen LogP contribution in [0, 0.1) is 0 Å². The molecule has 0 amide bonds. The molecular weight excluding hydrogens is 473 g/mol. The van der Waals surface area contributed by atoms with Crippen LogP contribution in [0.5, 0.6) is 0 Å². The summed E-state index contributed by atoms with van der Waals surface area (Å²) in [5.41, 5.74) is 8.84. The molecule has 0 bridgehead atoms. The maximum absolute atomic E-state index is 2.45. The molecule has 0 aliphatic carbocycles. The Hall–Kier alpha value is -2.24. The van der Waals surface area contributed by atoms with E-state index in [1.165, 1.54) is 27.6 Å². The van der Waals surface area contributed by atoms with Crippen LogP contribution in [0.3, 0.4) is 0 Å². The van der Waals surface area contributed by atoms with E-state index in [1.54, 1.807) is 5.47 Å². The molecular formula is C30H32B2Zr. The molecule has 2 unspecified atom stereocenters. The van der Waals surface area contributed by atoms with E-state index in [4.69, 9.17) is 0 Å². The second-order valence-corrected chi connectivity index (χ2v) is 9.22. The van der Waals surface area contributed by atoms with Crippen LogP contribution in [-0.4, -0.2) is 12.5 Å². The number of rotatable bonds is 2. The summed E-state index contributed by atoms with van der Waals surface area (Å²) in [6.07, 6.45) is 6.49. The van der Waals surface area contributed by atoms with E-state index in [0.29, 0.717) is 12.2 Å². The molecule has 33 heavy (non-hydrogen) atoms. The molecule has 2 aliphatic heterocycles. The molecule has 2 aromatic carbocycles. The fraction of sp³-hybridized carbons (Fsp3) is 0.167. The Kier molecular flexibility index (Phi) is 8.66. The SMILES string of the molecule is CC1=C(C)C2C=CC=C[B-]2(c2ccccc2)C(C)=C1C.[Zr+2].c1cc[b-](-c2ccccc2)cc1. The predicted molar refractivity (Wildman–Crippen MR) is 144 cm³/mol. The van der Waals surface area contributed by atoms with E-state index < -0.39 is 6.15 Å². The number of fused-ring (bicyclic) bond motifs is 1. The van der Waals surface area contributed by atoms with Crippen molar-refractivity contribution in [3.8, 4) is 5.46 Å². The van der Waals surface area contributed by atoms with E-state index in [0.717, 1.165) is 0 Å². The minimum absolute atomic E-state index is 0. The molecule has 1 aromatic heterocycles. The van der Waals surface area contributed by atoms with Crippen LogP contribution in [0.4, 0.5) is 0 Å². The van der Waals surface area contributed by atoms with Crippen molar-refractivity contribution in [3.63, 3.8) is 0 Å². The summed E-state index contributed by atoms with van der Waals surface area (Å²) in [5.74, 6) is 7.37. The normalized spacial score (nSPS) is 21.0. The molecule has 0 saturated carbocycles. The molecule has 3 heteroatoms. The van der Waals surface area contributed by atoms with Crippen molar-refractivity contribution in [3.05, 3.63) is 137 Å². The Morgan fingerprint density at radius 2 is 1.24 bits per heavy atom. The van der Waals surface area contributed by atoms with Crippen molar-refractivity contribution in [1.82, 2.24) is 0 Å². The molecule has 0 nitrogen and oxygen atoms in total. The maximum Gasteiger partial charge on any atom is 2.00 e. The minimum Gasteiger partial charge on any atom is -0.259 e. The second kappa shape index (κ2) is 11.3. The number of hydrogen-bond acceptors (Lipinski definition) is 0. The third kappa shape index (κ3) is 5.00. The van der Waals surface area contributed by atoms with E-state index in [9.17, 15) is 0 Å². The van der Waals surface area contributed by atoms with E-state index in [-0.39, 0.29) is 26.2 Å². The zero-order valence-electron chi connectivity index (χ0n) is 20.2. The standard InChI is InChI=1S/C19H22B.C11H10B.Zr/c1-14-15(2)17(4)20(18-10-6-5-7-11-18)13-9-8-12-19(20)16(14)3;1-3-7-11(8-4-1)12-9-5-2-6-10-12;/h5-13,19H,1-4H3;1-10H;/q2*-1;+2. The maximum atomic E-state index is 2.45. The van der Waals surface area contributed by atoms with Crippen molar-refractivity contribution in [1.29, 1.82) is 0 Å². The van der Waals surface area contributed by atoms with Crippen LogP contribution in [-0.2, 0) is 26.2 Å². The van der Waals surface area contributed by atoms with Gasteiger partial charge in [-0.15, -0.1) is 30.1 Å². The summed E-state index contributed by atoms with van der Waals surface area (Å²) < 4.78 is 0. The van der Waals surface area contributed by atoms with Crippen LogP contribution in [0.2, 0.25) is 5.82 Å². The van der Waals surface area contributed by atoms with E-state index >= 15 is 0 Å². The Morgan fingerprint density at radius 1 is 0.667 bits per heavy atom. The van der Waals surface area contributed by atoms with Gasteiger partial charge in [0.1, 0.15) is 0 Å². The van der Waals surface area contributed by atoms with Crippen LogP contribution in [0.1, 0.15) is 27.7 Å². The van der Waals surface area contributed by atoms with Gasteiger partial charge in [-0.25, -0.2) is 16.9 Å². The quantitative estimate of drug-likeness (QED) is 0.321. The van der Waals surface area contributed by atoms with Crippen molar-refractivity contribution in [2.45, 2.75) is 33.5 Å². The molecule has 162 valence electrons. The molecule has 3 aromatic rings. The summed E-state index contributed by atoms with van der Waals surface area (Å²) in [4.78, 5) is 0. The Balaban J connectivity index is 0.000000202. The van der Waals surface area contributed by atoms with Gasteiger partial charge in [-0.05, 0) is 20.8 Å². The number of hydrogen-bond donors (Lipinski definition) is 0. The van der Waals surface area contributed by atoms with Gasteiger partial charge in [-0.3, -0.25) is 11.9 Å². The largest absolute Gasteiger partial charge is 2.00 e. The van der Waals surface area contributed by atoms with E-state index in [1.807, 2.05) is 6.07 Å². The topological polar surface area (TPSA) is 0 Å². The molecule has 0 fully saturated rings. The first-order chi connectivity index (χ1) is 15.6. The van der Waals surface area contributed by atoms with Gasteiger partial charge in [0.2, 0.25) is 0 Å². The molecule has 0 N–H and O–H groups in total. The summed E-state index contributed by atoms with van der Waals surface area (Å²) in [5, 5.41) is 0. The monoisotopic (exact) mass is 504 g/mol. The average Bonchev–Trinajstić information content (AvgIpc) is 2.88. The van der Waals surface area contributed by atoms with Crippen molar-refractivity contribution >= 4 is 18.0 Å². The van der Waals surface area contributed by atoms with Crippen LogP contribution < -0.4 is 5.46 Å². The first-order valence-corrected chi connectivity index (χ1v) is 11.7. The van der Waals surface area contributed by atoms with Gasteiger partial charge in [0.05, 0.1) is 6.15 Å². The zero-order valence-corrected chi connectivity index (χ0v) is 22.7. The van der Waals surface area contributed by atoms with Crippen molar-refractivity contribution in [2.24, 2.45) is 0 Å². The third-order valence-corrected chi connectivity index (χ3v) is 7.77. The molecule has 0 saturated heterocycles. The minimum atomic E-state index is -0.805. The third-order valence-electron chi connectivity index (χ3n) is 7.77. The number of allylic oxidation sites excluding steroid dienone is 7. The van der Waals surface area contributed by atoms with Gasteiger partial charge in [0.25, 0.3) is 0 Å². The van der Waals surface area contributed by atoms with Crippen molar-refractivity contribution in [2.75, 3.05) is 0 Å². The second-order valence-electron chi connectivity index (χ2n) is 9.22. The molecule has 2 aliphatic rings. The summed E-state index contributed by atoms with van der Waals surface area (Å²) in [7, 11) is 0. The van der Waals surface area contributed by atoms with Gasteiger partial charge in [0.15, 0.2) is 0 Å². The number of benzene rings is 2. The Morgan fingerprint density at radius 3 is 1.88 bits per heavy atom. The first-order valence-electron chi connectivity index (χ1n) is 11.7. The Labute approximate surface area is 219 Å². The summed E-state index contributed by atoms with van der Waals surface area (Å²) >= 11 is 0. The molecule has 0 spiro atoms. The van der Waals surface area contributed by atoms with Gasteiger partial charge in [-0.1, -0.05) is 103 Å². The van der Waals surface area contributed by atoms with Crippen LogP contribution in [0.15, 0.2) is 137 Å². The zero-order chi connectivity index (χ0) is 22.6. The first kappa shape index (κ1) is 25.4. The summed E-state index contributed by atoms with van der Waals surface area (Å²) in [6, 6.07) is 27.8. The average molecular weight is 505 g/mol. The smallest absolute Gasteiger partial charge is 0.259 e. The Bertz CT molecular complexity index is 1150. The van der Waals surface area contributed by atoms with Crippen LogP contribution >= 0.6 is 0 Å². The van der Waals surface area contributed by atoms with Crippen LogP contribution in [0.25, 0.3) is 5.46 Å². The predicted octanol–water partition coefficient (Wildman–Crippen LogP) is 7.30. The fourth-order valence-electron chi connectivity index (χ4n) is 5.60. The van der Waals surface area contributed by atoms with Gasteiger partial charge in [-0.2, -0.15) is 5.46 Å². The van der Waals surface area contributed by atoms with Crippen molar-refractivity contribution < 1.29 is 26.2 Å². The molecule has 5 rings (SSSR count).